The lowest BCUT2D eigenvalue weighted by Gasteiger charge is -2.17. The number of hydrogen-bond donors (Lipinski definition) is 2. The highest BCUT2D eigenvalue weighted by Crippen LogP contribution is 2.38. The van der Waals surface area contributed by atoms with Crippen LogP contribution in [-0.2, 0) is 13.2 Å². The molecular formula is C18H17BrCl2N4O2S. The van der Waals surface area contributed by atoms with Crippen molar-refractivity contribution in [2.24, 2.45) is 0 Å². The van der Waals surface area contributed by atoms with Crippen LogP contribution in [0.2, 0.25) is 10.0 Å². The molecule has 0 fully saturated rings. The summed E-state index contributed by atoms with van der Waals surface area (Å²) < 4.78 is 14.6. The number of nitrogens with one attached hydrogen (secondary N) is 2. The minimum atomic E-state index is 0.221. The summed E-state index contributed by atoms with van der Waals surface area (Å²) in [6.45, 7) is 3.15. The molecular weight excluding hydrogens is 487 g/mol. The van der Waals surface area contributed by atoms with Crippen molar-refractivity contribution in [1.82, 2.24) is 14.9 Å². The van der Waals surface area contributed by atoms with E-state index >= 15 is 0 Å². The summed E-state index contributed by atoms with van der Waals surface area (Å²) in [6, 6.07) is 9.21. The molecule has 0 spiro atoms. The van der Waals surface area contributed by atoms with Crippen LogP contribution in [0.25, 0.3) is 0 Å². The first-order chi connectivity index (χ1) is 13.5. The molecule has 0 radical (unpaired) electrons. The van der Waals surface area contributed by atoms with Crippen LogP contribution in [0.15, 0.2) is 41.1 Å². The number of aromatic nitrogens is 3. The molecule has 0 aliphatic rings. The van der Waals surface area contributed by atoms with Gasteiger partial charge in [0, 0.05) is 15.6 Å². The Hall–Kier alpha value is -1.74. The Balaban J connectivity index is 1.80. The van der Waals surface area contributed by atoms with Crippen LogP contribution < -0.4 is 14.9 Å². The minimum Gasteiger partial charge on any atom is -0.490 e. The number of nitrogens with zero attached hydrogens (tertiary/aromatic N) is 2. The van der Waals surface area contributed by atoms with Gasteiger partial charge in [-0.05, 0) is 64.9 Å². The molecule has 6 nitrogen and oxygen atoms in total. The maximum absolute atomic E-state index is 6.23. The van der Waals surface area contributed by atoms with Gasteiger partial charge in [0.2, 0.25) is 4.77 Å². The summed E-state index contributed by atoms with van der Waals surface area (Å²) in [6.07, 6.45) is 1.58. The van der Waals surface area contributed by atoms with Crippen LogP contribution in [-0.4, -0.2) is 21.5 Å². The lowest BCUT2D eigenvalue weighted by Crippen LogP contribution is -2.13. The molecule has 0 saturated heterocycles. The molecule has 0 bridgehead atoms. The quantitative estimate of drug-likeness (QED) is 0.384. The molecule has 28 heavy (non-hydrogen) atoms. The maximum atomic E-state index is 6.23. The van der Waals surface area contributed by atoms with E-state index in [1.165, 1.54) is 0 Å². The fraction of sp³-hybridized carbons (Fsp3) is 0.222. The molecule has 0 saturated carbocycles. The van der Waals surface area contributed by atoms with Gasteiger partial charge in [-0.1, -0.05) is 29.3 Å². The largest absolute Gasteiger partial charge is 0.490 e. The Morgan fingerprint density at radius 3 is 2.64 bits per heavy atom. The van der Waals surface area contributed by atoms with E-state index in [1.54, 1.807) is 29.2 Å². The summed E-state index contributed by atoms with van der Waals surface area (Å²) >= 11 is 21.2. The first kappa shape index (κ1) is 21.0. The number of benzene rings is 2. The summed E-state index contributed by atoms with van der Waals surface area (Å²) in [7, 11) is 0. The highest BCUT2D eigenvalue weighted by Gasteiger charge is 2.14. The lowest BCUT2D eigenvalue weighted by molar-refractivity contribution is 0.267. The van der Waals surface area contributed by atoms with Crippen LogP contribution >= 0.6 is 51.3 Å². The second-order valence-electron chi connectivity index (χ2n) is 5.69. The summed E-state index contributed by atoms with van der Waals surface area (Å²) in [5, 5.41) is 7.67. The SMILES string of the molecule is CCOc1cc(CNn2cn[nH]c2=S)cc(Br)c1OCc1c(Cl)cccc1Cl. The van der Waals surface area contributed by atoms with E-state index < -0.39 is 0 Å². The van der Waals surface area contributed by atoms with Gasteiger partial charge in [0.1, 0.15) is 12.9 Å². The van der Waals surface area contributed by atoms with E-state index in [2.05, 4.69) is 31.6 Å². The smallest absolute Gasteiger partial charge is 0.214 e. The van der Waals surface area contributed by atoms with Gasteiger partial charge < -0.3 is 14.9 Å². The fourth-order valence-corrected chi connectivity index (χ4v) is 3.75. The Morgan fingerprint density at radius 1 is 1.25 bits per heavy atom. The Morgan fingerprint density at radius 2 is 2.00 bits per heavy atom. The molecule has 0 atom stereocenters. The topological polar surface area (TPSA) is 64.1 Å². The predicted molar refractivity (Wildman–Crippen MR) is 117 cm³/mol. The van der Waals surface area contributed by atoms with Gasteiger partial charge in [-0.25, -0.2) is 4.68 Å². The predicted octanol–water partition coefficient (Wildman–Crippen LogP) is 5.73. The Bertz CT molecular complexity index is 1000. The van der Waals surface area contributed by atoms with Gasteiger partial charge in [0.15, 0.2) is 11.5 Å². The van der Waals surface area contributed by atoms with Crippen LogP contribution in [0.5, 0.6) is 11.5 Å². The van der Waals surface area contributed by atoms with Gasteiger partial charge in [-0.2, -0.15) is 5.10 Å². The zero-order valence-corrected chi connectivity index (χ0v) is 18.8. The van der Waals surface area contributed by atoms with Crippen molar-refractivity contribution in [2.75, 3.05) is 12.0 Å². The number of rotatable bonds is 8. The van der Waals surface area contributed by atoms with E-state index in [-0.39, 0.29) is 6.61 Å². The summed E-state index contributed by atoms with van der Waals surface area (Å²) in [4.78, 5) is 0. The standard InChI is InChI=1S/C18H17BrCl2N4O2S/c1-2-26-16-7-11(8-23-25-10-22-24-18(25)28)6-13(19)17(16)27-9-12-14(20)4-3-5-15(12)21/h3-7,10,23H,2,8-9H2,1H3,(H,24,28). The fourth-order valence-electron chi connectivity index (χ4n) is 2.48. The lowest BCUT2D eigenvalue weighted by atomic mass is 10.2. The third-order valence-electron chi connectivity index (χ3n) is 3.80. The number of halogens is 3. The molecule has 1 heterocycles. The van der Waals surface area contributed by atoms with Gasteiger partial charge in [-0.3, -0.25) is 5.10 Å². The Labute approximate surface area is 185 Å². The van der Waals surface area contributed by atoms with E-state index in [9.17, 15) is 0 Å². The van der Waals surface area contributed by atoms with E-state index in [4.69, 9.17) is 44.9 Å². The number of hydrogen-bond acceptors (Lipinski definition) is 5. The first-order valence-corrected chi connectivity index (χ1v) is 10.3. The summed E-state index contributed by atoms with van der Waals surface area (Å²) in [5.41, 5.74) is 4.86. The van der Waals surface area contributed by atoms with E-state index in [0.29, 0.717) is 39.5 Å². The number of H-pyrrole nitrogens is 1. The average molecular weight is 504 g/mol. The third-order valence-corrected chi connectivity index (χ3v) is 5.38. The van der Waals surface area contributed by atoms with Crippen LogP contribution in [0.1, 0.15) is 18.1 Å². The average Bonchev–Trinajstić information content (AvgIpc) is 3.06. The van der Waals surface area contributed by atoms with Crippen LogP contribution in [0, 0.1) is 4.77 Å². The van der Waals surface area contributed by atoms with Crippen LogP contribution in [0.3, 0.4) is 0 Å². The van der Waals surface area contributed by atoms with Crippen molar-refractivity contribution < 1.29 is 9.47 Å². The normalized spacial score (nSPS) is 10.7. The molecule has 10 heteroatoms. The zero-order valence-electron chi connectivity index (χ0n) is 14.8. The van der Waals surface area contributed by atoms with Crippen molar-refractivity contribution in [1.29, 1.82) is 0 Å². The molecule has 2 aromatic carbocycles. The molecule has 148 valence electrons. The van der Waals surface area contributed by atoms with Crippen molar-refractivity contribution >= 4 is 51.3 Å². The van der Waals surface area contributed by atoms with Crippen molar-refractivity contribution in [3.05, 3.63) is 67.1 Å². The number of aromatic amines is 1. The number of ether oxygens (including phenoxy) is 2. The monoisotopic (exact) mass is 502 g/mol. The van der Waals surface area contributed by atoms with Crippen molar-refractivity contribution in [3.63, 3.8) is 0 Å². The third kappa shape index (κ3) is 5.00. The Kier molecular flexibility index (Phi) is 7.23. The molecule has 2 N–H and O–H groups in total. The highest BCUT2D eigenvalue weighted by molar-refractivity contribution is 9.10. The molecule has 0 amide bonds. The van der Waals surface area contributed by atoms with Gasteiger partial charge in [0.05, 0.1) is 17.6 Å². The molecule has 0 unspecified atom stereocenters. The second-order valence-corrected chi connectivity index (χ2v) is 7.75. The molecule has 1 aromatic heterocycles. The zero-order chi connectivity index (χ0) is 20.1. The minimum absolute atomic E-state index is 0.221. The van der Waals surface area contributed by atoms with Crippen LogP contribution in [0.4, 0.5) is 0 Å². The van der Waals surface area contributed by atoms with E-state index in [0.717, 1.165) is 15.6 Å². The van der Waals surface area contributed by atoms with Gasteiger partial charge in [-0.15, -0.1) is 0 Å². The molecule has 3 rings (SSSR count). The van der Waals surface area contributed by atoms with Gasteiger partial charge >= 0.3 is 0 Å². The summed E-state index contributed by atoms with van der Waals surface area (Å²) in [5.74, 6) is 1.20. The molecule has 0 aliphatic heterocycles. The maximum Gasteiger partial charge on any atom is 0.214 e. The molecule has 0 aliphatic carbocycles. The van der Waals surface area contributed by atoms with Crippen molar-refractivity contribution in [3.8, 4) is 11.5 Å². The first-order valence-electron chi connectivity index (χ1n) is 8.36. The van der Waals surface area contributed by atoms with Crippen molar-refractivity contribution in [2.45, 2.75) is 20.1 Å². The molecule has 3 aromatic rings. The second kappa shape index (κ2) is 9.65. The van der Waals surface area contributed by atoms with Gasteiger partial charge in [0.25, 0.3) is 0 Å². The van der Waals surface area contributed by atoms with E-state index in [1.807, 2.05) is 19.1 Å². The highest BCUT2D eigenvalue weighted by atomic mass is 79.9.